The minimum atomic E-state index is 0.702. The number of rotatable bonds is 5. The van der Waals surface area contributed by atoms with Crippen LogP contribution in [0.5, 0.6) is 0 Å². The van der Waals surface area contributed by atoms with Crippen molar-refractivity contribution >= 4 is 5.69 Å². The molecule has 0 spiro atoms. The highest BCUT2D eigenvalue weighted by molar-refractivity contribution is 5.74. The Balaban J connectivity index is 2.25. The lowest BCUT2D eigenvalue weighted by molar-refractivity contribution is 0.776. The highest BCUT2D eigenvalue weighted by Crippen LogP contribution is 2.27. The topological polar surface area (TPSA) is 55.9 Å². The number of hydrogen-bond acceptors (Lipinski definition) is 3. The van der Waals surface area contributed by atoms with Crippen molar-refractivity contribution in [3.05, 3.63) is 36.0 Å². The van der Waals surface area contributed by atoms with Gasteiger partial charge in [-0.1, -0.05) is 29.8 Å². The maximum atomic E-state index is 5.50. The summed E-state index contributed by atoms with van der Waals surface area (Å²) in [6.07, 6.45) is 2.83. The number of aromatic nitrogens is 2. The maximum absolute atomic E-state index is 5.50. The molecule has 1 heterocycles. The summed E-state index contributed by atoms with van der Waals surface area (Å²) < 4.78 is 1.90. The molecule has 1 aromatic carbocycles. The quantitative estimate of drug-likeness (QED) is 0.792. The maximum Gasteiger partial charge on any atom is 0.0910 e. The summed E-state index contributed by atoms with van der Waals surface area (Å²) in [5.74, 6) is 0. The molecule has 0 bridgehead atoms. The van der Waals surface area contributed by atoms with Gasteiger partial charge in [-0.25, -0.2) is 0 Å². The van der Waals surface area contributed by atoms with Gasteiger partial charge in [0.25, 0.3) is 0 Å². The molecule has 1 aromatic heterocycles. The monoisotopic (exact) mass is 244 g/mol. The minimum Gasteiger partial charge on any atom is -0.382 e. The number of hydrogen-bond donors (Lipinski definition) is 2. The summed E-state index contributed by atoms with van der Waals surface area (Å²) in [7, 11) is 1.96. The van der Waals surface area contributed by atoms with Crippen LogP contribution in [0.2, 0.25) is 0 Å². The van der Waals surface area contributed by atoms with Gasteiger partial charge in [-0.15, -0.1) is 0 Å². The van der Waals surface area contributed by atoms with Crippen molar-refractivity contribution in [2.24, 2.45) is 12.8 Å². The molecule has 18 heavy (non-hydrogen) atoms. The lowest BCUT2D eigenvalue weighted by atomic mass is 10.1. The minimum absolute atomic E-state index is 0.702. The van der Waals surface area contributed by atoms with Crippen molar-refractivity contribution in [2.45, 2.75) is 13.3 Å². The first kappa shape index (κ1) is 12.6. The van der Waals surface area contributed by atoms with Crippen LogP contribution in [0.4, 0.5) is 5.69 Å². The van der Waals surface area contributed by atoms with Crippen molar-refractivity contribution < 1.29 is 0 Å². The second-order valence-corrected chi connectivity index (χ2v) is 4.47. The number of nitrogens with zero attached hydrogens (tertiary/aromatic N) is 2. The summed E-state index contributed by atoms with van der Waals surface area (Å²) in [5, 5.41) is 7.70. The van der Waals surface area contributed by atoms with Crippen LogP contribution in [0, 0.1) is 6.92 Å². The summed E-state index contributed by atoms with van der Waals surface area (Å²) >= 11 is 0. The van der Waals surface area contributed by atoms with Crippen LogP contribution in [0.3, 0.4) is 0 Å². The zero-order valence-corrected chi connectivity index (χ0v) is 11.0. The van der Waals surface area contributed by atoms with Gasteiger partial charge >= 0.3 is 0 Å². The lowest BCUT2D eigenvalue weighted by Gasteiger charge is -2.08. The Morgan fingerprint density at radius 2 is 2.00 bits per heavy atom. The Bertz CT molecular complexity index is 499. The largest absolute Gasteiger partial charge is 0.382 e. The van der Waals surface area contributed by atoms with Crippen LogP contribution < -0.4 is 11.1 Å². The van der Waals surface area contributed by atoms with E-state index >= 15 is 0 Å². The number of aryl methyl sites for hydroxylation is 2. The van der Waals surface area contributed by atoms with Crippen LogP contribution in [0.15, 0.2) is 30.5 Å². The third kappa shape index (κ3) is 2.71. The second kappa shape index (κ2) is 5.69. The van der Waals surface area contributed by atoms with Crippen LogP contribution in [0.25, 0.3) is 11.3 Å². The van der Waals surface area contributed by atoms with Gasteiger partial charge in [0.2, 0.25) is 0 Å². The Morgan fingerprint density at radius 1 is 1.28 bits per heavy atom. The molecular formula is C14H20N4. The average molecular weight is 244 g/mol. The predicted molar refractivity (Wildman–Crippen MR) is 75.5 cm³/mol. The van der Waals surface area contributed by atoms with Crippen molar-refractivity contribution in [1.82, 2.24) is 9.78 Å². The molecule has 4 heteroatoms. The van der Waals surface area contributed by atoms with E-state index in [-0.39, 0.29) is 0 Å². The number of anilines is 1. The van der Waals surface area contributed by atoms with E-state index in [0.29, 0.717) is 6.54 Å². The van der Waals surface area contributed by atoms with Gasteiger partial charge in [0.05, 0.1) is 17.6 Å². The van der Waals surface area contributed by atoms with Gasteiger partial charge < -0.3 is 11.1 Å². The standard InChI is InChI=1S/C14H20N4/c1-11-4-6-12(7-5-11)14-13(10-17-18(14)2)16-9-3-8-15/h4-7,10,16H,3,8-9,15H2,1-2H3. The van der Waals surface area contributed by atoms with E-state index in [9.17, 15) is 0 Å². The van der Waals surface area contributed by atoms with Gasteiger partial charge in [-0.2, -0.15) is 5.10 Å². The smallest absolute Gasteiger partial charge is 0.0910 e. The fourth-order valence-corrected chi connectivity index (χ4v) is 1.95. The fraction of sp³-hybridized carbons (Fsp3) is 0.357. The van der Waals surface area contributed by atoms with Gasteiger partial charge in [-0.05, 0) is 19.9 Å². The highest BCUT2D eigenvalue weighted by atomic mass is 15.3. The molecule has 2 rings (SSSR count). The van der Waals surface area contributed by atoms with E-state index in [2.05, 4.69) is 41.6 Å². The van der Waals surface area contributed by atoms with Gasteiger partial charge in [0.1, 0.15) is 0 Å². The van der Waals surface area contributed by atoms with E-state index in [1.165, 1.54) is 11.1 Å². The van der Waals surface area contributed by atoms with Crippen LogP contribution in [-0.2, 0) is 7.05 Å². The Labute approximate surface area is 108 Å². The van der Waals surface area contributed by atoms with E-state index in [0.717, 1.165) is 24.3 Å². The zero-order chi connectivity index (χ0) is 13.0. The molecule has 0 aliphatic rings. The molecular weight excluding hydrogens is 224 g/mol. The molecule has 0 fully saturated rings. The summed E-state index contributed by atoms with van der Waals surface area (Å²) in [6, 6.07) is 8.49. The molecule has 0 amide bonds. The second-order valence-electron chi connectivity index (χ2n) is 4.47. The molecule has 2 aromatic rings. The number of nitrogens with two attached hydrogens (primary N) is 1. The highest BCUT2D eigenvalue weighted by Gasteiger charge is 2.09. The van der Waals surface area contributed by atoms with Gasteiger partial charge in [0.15, 0.2) is 0 Å². The van der Waals surface area contributed by atoms with Crippen molar-refractivity contribution in [3.63, 3.8) is 0 Å². The van der Waals surface area contributed by atoms with Crippen molar-refractivity contribution in [3.8, 4) is 11.3 Å². The van der Waals surface area contributed by atoms with E-state index < -0.39 is 0 Å². The van der Waals surface area contributed by atoms with Crippen LogP contribution >= 0.6 is 0 Å². The van der Waals surface area contributed by atoms with Gasteiger partial charge in [-0.3, -0.25) is 4.68 Å². The Morgan fingerprint density at radius 3 is 2.67 bits per heavy atom. The van der Waals surface area contributed by atoms with Crippen molar-refractivity contribution in [2.75, 3.05) is 18.4 Å². The van der Waals surface area contributed by atoms with Crippen LogP contribution in [-0.4, -0.2) is 22.9 Å². The first-order valence-electron chi connectivity index (χ1n) is 6.25. The van der Waals surface area contributed by atoms with E-state index in [4.69, 9.17) is 5.73 Å². The summed E-state index contributed by atoms with van der Waals surface area (Å²) in [5.41, 5.74) is 10.1. The molecule has 4 nitrogen and oxygen atoms in total. The fourth-order valence-electron chi connectivity index (χ4n) is 1.95. The SMILES string of the molecule is Cc1ccc(-c2c(NCCCN)cnn2C)cc1. The zero-order valence-electron chi connectivity index (χ0n) is 11.0. The molecule has 0 saturated heterocycles. The number of nitrogens with one attached hydrogen (secondary N) is 1. The number of benzene rings is 1. The normalized spacial score (nSPS) is 10.6. The lowest BCUT2D eigenvalue weighted by Crippen LogP contribution is -2.08. The third-order valence-electron chi connectivity index (χ3n) is 2.96. The Hall–Kier alpha value is -1.81. The summed E-state index contributed by atoms with van der Waals surface area (Å²) in [6.45, 7) is 3.67. The molecule has 0 atom stereocenters. The van der Waals surface area contributed by atoms with Gasteiger partial charge in [0, 0.05) is 19.2 Å². The molecule has 0 aliphatic heterocycles. The van der Waals surface area contributed by atoms with E-state index in [1.807, 2.05) is 17.9 Å². The summed E-state index contributed by atoms with van der Waals surface area (Å²) in [4.78, 5) is 0. The molecule has 0 aliphatic carbocycles. The first-order valence-corrected chi connectivity index (χ1v) is 6.25. The molecule has 0 saturated carbocycles. The third-order valence-corrected chi connectivity index (χ3v) is 2.96. The first-order chi connectivity index (χ1) is 8.72. The molecule has 0 radical (unpaired) electrons. The van der Waals surface area contributed by atoms with E-state index in [1.54, 1.807) is 0 Å². The molecule has 96 valence electrons. The predicted octanol–water partition coefficient (Wildman–Crippen LogP) is 2.16. The van der Waals surface area contributed by atoms with Crippen LogP contribution in [0.1, 0.15) is 12.0 Å². The molecule has 3 N–H and O–H groups in total. The van der Waals surface area contributed by atoms with Crippen molar-refractivity contribution in [1.29, 1.82) is 0 Å². The Kier molecular flexibility index (Phi) is 3.99. The average Bonchev–Trinajstić information content (AvgIpc) is 2.72. The molecule has 0 unspecified atom stereocenters.